The van der Waals surface area contributed by atoms with E-state index in [0.29, 0.717) is 53.6 Å². The molecule has 0 bridgehead atoms. The number of alkyl halides is 1. The number of rotatable bonds is 24. The lowest BCUT2D eigenvalue weighted by Crippen LogP contribution is -2.13. The van der Waals surface area contributed by atoms with Crippen LogP contribution in [0.15, 0.2) is 38.0 Å². The summed E-state index contributed by atoms with van der Waals surface area (Å²) >= 11 is 5.06. The second kappa shape index (κ2) is 27.5. The molecular formula is C33H51ClN12O15P2. The van der Waals surface area contributed by atoms with Crippen LogP contribution in [0.5, 0.6) is 0 Å². The molecule has 350 valence electrons. The van der Waals surface area contributed by atoms with E-state index in [4.69, 9.17) is 51.4 Å². The largest absolute Gasteiger partial charge is 0.509 e. The molecule has 0 unspecified atom stereocenters. The van der Waals surface area contributed by atoms with E-state index in [1.807, 2.05) is 0 Å². The van der Waals surface area contributed by atoms with Crippen molar-refractivity contribution in [3.05, 3.63) is 38.0 Å². The highest BCUT2D eigenvalue weighted by Gasteiger charge is 2.27. The SMILES string of the molecule is C=CCNc1nc(N)nc2c1ncn2CCOCP(=O)(O)O.C=CCNc1nc(N)nc2c1ncn2CCOCP(=O)(OCOC(C)=O)OCOC(C)=O.CC(C)OC(=O)OCCl. The van der Waals surface area contributed by atoms with E-state index in [-0.39, 0.29) is 43.8 Å². The minimum atomic E-state index is -4.16. The first kappa shape index (κ1) is 53.6. The van der Waals surface area contributed by atoms with E-state index in [1.54, 1.807) is 41.5 Å². The van der Waals surface area contributed by atoms with Gasteiger partial charge in [0.25, 0.3) is 0 Å². The summed E-state index contributed by atoms with van der Waals surface area (Å²) in [5.41, 5.74) is 13.5. The normalized spacial score (nSPS) is 11.2. The zero-order valence-corrected chi connectivity index (χ0v) is 37.3. The second-order valence-electron chi connectivity index (χ2n) is 12.2. The summed E-state index contributed by atoms with van der Waals surface area (Å²) in [6.07, 6.45) is 4.44. The first-order chi connectivity index (χ1) is 29.8. The van der Waals surface area contributed by atoms with Gasteiger partial charge in [0.05, 0.1) is 32.0 Å². The molecule has 4 aromatic heterocycles. The van der Waals surface area contributed by atoms with Crippen LogP contribution in [0.3, 0.4) is 0 Å². The standard InChI is InChI=1S/C17H25N6O8P.C11H17N6O4P.C5H9ClO3/c1-4-5-19-15-14-16(22-17(18)21-15)23(8-20-14)6-7-27-11-32(26,30-9-28-12(2)24)31-10-29-13(3)25;1-2-3-13-9-8-10(16-11(12)15-9)17(6-14-8)4-5-21-7-22(18,19)20;1-4(2)9-5(7)8-3-6/h4,8H,1,5-7,9-11H2,2-3H3,(H3,18,19,21,22);2,6H,1,3-5,7H2,(H2,18,19,20)(H3,12,13,15,16);4H,3H2,1-2H3. The Bertz CT molecular complexity index is 2180. The molecule has 8 N–H and O–H groups in total. The van der Waals surface area contributed by atoms with Gasteiger partial charge in [-0.25, -0.2) is 14.8 Å². The van der Waals surface area contributed by atoms with Crippen LogP contribution in [0.4, 0.5) is 28.3 Å². The first-order valence-electron chi connectivity index (χ1n) is 18.2. The number of esters is 2. The molecule has 4 rings (SSSR count). The minimum Gasteiger partial charge on any atom is -0.438 e. The molecule has 30 heteroatoms. The number of carbonyl (C=O) groups excluding carboxylic acids is 3. The number of hydrogen-bond donors (Lipinski definition) is 6. The van der Waals surface area contributed by atoms with Crippen LogP contribution >= 0.6 is 26.8 Å². The Hall–Kier alpha value is -5.50. The van der Waals surface area contributed by atoms with Crippen molar-refractivity contribution in [3.8, 4) is 0 Å². The molecule has 4 heterocycles. The monoisotopic (exact) mass is 952 g/mol. The van der Waals surface area contributed by atoms with Crippen molar-refractivity contribution in [3.63, 3.8) is 0 Å². The smallest absolute Gasteiger partial charge is 0.438 e. The fourth-order valence-corrected chi connectivity index (χ4v) is 5.74. The molecule has 0 aliphatic rings. The second-order valence-corrected chi connectivity index (χ2v) is 16.0. The molecule has 0 fully saturated rings. The highest BCUT2D eigenvalue weighted by Crippen LogP contribution is 2.48. The molecule has 0 saturated carbocycles. The molecule has 0 spiro atoms. The van der Waals surface area contributed by atoms with Crippen LogP contribution in [0.2, 0.25) is 0 Å². The average Bonchev–Trinajstić information content (AvgIpc) is 3.79. The van der Waals surface area contributed by atoms with Crippen molar-refractivity contribution >= 4 is 90.7 Å². The van der Waals surface area contributed by atoms with Gasteiger partial charge in [-0.1, -0.05) is 23.8 Å². The molecule has 0 saturated heterocycles. The summed E-state index contributed by atoms with van der Waals surface area (Å²) in [7, 11) is -8.04. The lowest BCUT2D eigenvalue weighted by Gasteiger charge is -2.18. The molecule has 0 radical (unpaired) electrons. The van der Waals surface area contributed by atoms with E-state index in [0.717, 1.165) is 13.8 Å². The number of aromatic nitrogens is 8. The predicted octanol–water partition coefficient (Wildman–Crippen LogP) is 3.15. The van der Waals surface area contributed by atoms with Crippen molar-refractivity contribution in [1.29, 1.82) is 0 Å². The number of hydrogen-bond acceptors (Lipinski definition) is 23. The van der Waals surface area contributed by atoms with Crippen molar-refractivity contribution in [2.24, 2.45) is 0 Å². The zero-order valence-electron chi connectivity index (χ0n) is 34.8. The maximum Gasteiger partial charge on any atom is 0.509 e. The van der Waals surface area contributed by atoms with E-state index < -0.39 is 59.6 Å². The molecule has 63 heavy (non-hydrogen) atoms. The summed E-state index contributed by atoms with van der Waals surface area (Å²) in [5, 5.41) is 6.06. The zero-order chi connectivity index (χ0) is 47.0. The summed E-state index contributed by atoms with van der Waals surface area (Å²) in [6, 6.07) is -0.161. The predicted molar refractivity (Wildman–Crippen MR) is 227 cm³/mol. The topological polar surface area (TPSA) is 363 Å². The molecule has 27 nitrogen and oxygen atoms in total. The van der Waals surface area contributed by atoms with Crippen LogP contribution in [-0.4, -0.2) is 132 Å². The Morgan fingerprint density at radius 3 is 1.62 bits per heavy atom. The number of carbonyl (C=O) groups is 3. The Labute approximate surface area is 365 Å². The summed E-state index contributed by atoms with van der Waals surface area (Å²) < 4.78 is 65.1. The van der Waals surface area contributed by atoms with Gasteiger partial charge in [0.1, 0.15) is 12.7 Å². The fourth-order valence-electron chi connectivity index (χ4n) is 4.28. The van der Waals surface area contributed by atoms with Crippen LogP contribution in [0.1, 0.15) is 27.7 Å². The molecule has 0 aromatic carbocycles. The van der Waals surface area contributed by atoms with E-state index >= 15 is 0 Å². The molecular weight excluding hydrogens is 902 g/mol. The third-order valence-corrected chi connectivity index (χ3v) is 8.90. The number of nitrogens with zero attached hydrogens (tertiary/aromatic N) is 8. The Balaban J connectivity index is 0.000000378. The molecule has 0 aliphatic carbocycles. The first-order valence-corrected chi connectivity index (χ1v) is 22.3. The van der Waals surface area contributed by atoms with Crippen molar-refractivity contribution in [1.82, 2.24) is 39.0 Å². The minimum absolute atomic E-state index is 0.0639. The van der Waals surface area contributed by atoms with Crippen molar-refractivity contribution in [2.45, 2.75) is 46.9 Å². The molecule has 4 aromatic rings. The van der Waals surface area contributed by atoms with E-state index in [2.05, 4.69) is 72.6 Å². The lowest BCUT2D eigenvalue weighted by molar-refractivity contribution is -0.149. The van der Waals surface area contributed by atoms with Gasteiger partial charge in [0.15, 0.2) is 40.0 Å². The van der Waals surface area contributed by atoms with Gasteiger partial charge in [-0.15, -0.1) is 13.2 Å². The van der Waals surface area contributed by atoms with Gasteiger partial charge in [-0.05, 0) is 13.8 Å². The van der Waals surface area contributed by atoms with Gasteiger partial charge in [0, 0.05) is 40.0 Å². The summed E-state index contributed by atoms with van der Waals surface area (Å²) in [4.78, 5) is 74.5. The maximum atomic E-state index is 12.7. The number of nitrogens with two attached hydrogens (primary N) is 2. The Kier molecular flexibility index (Phi) is 23.4. The average molecular weight is 953 g/mol. The highest BCUT2D eigenvalue weighted by molar-refractivity contribution is 7.53. The van der Waals surface area contributed by atoms with Gasteiger partial charge in [0.2, 0.25) is 25.5 Å². The molecule has 0 atom stereocenters. The number of ether oxygens (including phenoxy) is 6. The van der Waals surface area contributed by atoms with Gasteiger partial charge >= 0.3 is 33.3 Å². The maximum absolute atomic E-state index is 12.7. The Morgan fingerprint density at radius 2 is 1.24 bits per heavy atom. The van der Waals surface area contributed by atoms with Crippen LogP contribution < -0.4 is 22.1 Å². The van der Waals surface area contributed by atoms with Gasteiger partial charge in [-0.3, -0.25) is 27.8 Å². The summed E-state index contributed by atoms with van der Waals surface area (Å²) in [5.74, 6) is -0.141. The molecule has 0 aliphatic heterocycles. The third-order valence-electron chi connectivity index (χ3n) is 6.78. The van der Waals surface area contributed by atoms with E-state index in [9.17, 15) is 23.5 Å². The number of halogens is 1. The number of anilines is 4. The van der Waals surface area contributed by atoms with Crippen LogP contribution in [0.25, 0.3) is 22.3 Å². The highest BCUT2D eigenvalue weighted by atomic mass is 35.5. The quantitative estimate of drug-likeness (QED) is 0.0112. The number of imidazole rings is 2. The van der Waals surface area contributed by atoms with Gasteiger partial charge in [-0.2, -0.15) is 19.9 Å². The lowest BCUT2D eigenvalue weighted by atomic mass is 10.4. The van der Waals surface area contributed by atoms with E-state index in [1.165, 1.54) is 6.33 Å². The third kappa shape index (κ3) is 21.0. The Morgan fingerprint density at radius 1 is 0.794 bits per heavy atom. The molecule has 0 amide bonds. The fraction of sp³-hybridized carbons (Fsp3) is 0.485. The van der Waals surface area contributed by atoms with Gasteiger partial charge < -0.3 is 69.4 Å². The van der Waals surface area contributed by atoms with Crippen LogP contribution in [-0.2, 0) is 69.3 Å². The number of nitrogen functional groups attached to an aromatic ring is 2. The number of nitrogens with one attached hydrogen (secondary N) is 2. The number of fused-ring (bicyclic) bond motifs is 2. The summed E-state index contributed by atoms with van der Waals surface area (Å²) in [6.45, 7) is 13.6. The van der Waals surface area contributed by atoms with Crippen LogP contribution in [0, 0.1) is 0 Å². The van der Waals surface area contributed by atoms with Crippen molar-refractivity contribution < 1.29 is 70.8 Å². The van der Waals surface area contributed by atoms with Crippen molar-refractivity contribution in [2.75, 3.05) is 80.8 Å².